The van der Waals surface area contributed by atoms with Gasteiger partial charge in [-0.1, -0.05) is 99.7 Å². The molecule has 0 saturated heterocycles. The van der Waals surface area contributed by atoms with Crippen molar-refractivity contribution >= 4 is 16.8 Å². The van der Waals surface area contributed by atoms with Crippen LogP contribution >= 0.6 is 0 Å². The Morgan fingerprint density at radius 2 is 1.65 bits per heavy atom. The Hall–Kier alpha value is -3.40. The van der Waals surface area contributed by atoms with Crippen molar-refractivity contribution < 1.29 is 4.79 Å². The molecule has 37 heavy (non-hydrogen) atoms. The second kappa shape index (κ2) is 11.8. The minimum Gasteiger partial charge on any atom is -0.345 e. The summed E-state index contributed by atoms with van der Waals surface area (Å²) in [5, 5.41) is 9.49. The first-order valence-corrected chi connectivity index (χ1v) is 14.1. The van der Waals surface area contributed by atoms with Gasteiger partial charge in [-0.2, -0.15) is 5.10 Å². The maximum Gasteiger partial charge on any atom is 0.251 e. The van der Waals surface area contributed by atoms with Gasteiger partial charge >= 0.3 is 0 Å². The number of hydrogen-bond acceptors (Lipinski definition) is 2. The number of amides is 1. The van der Waals surface area contributed by atoms with E-state index in [1.807, 2.05) is 36.4 Å². The molecule has 1 N–H and O–H groups in total. The number of unbranched alkanes of at least 4 members (excludes halogenated alkanes) is 4. The lowest BCUT2D eigenvalue weighted by Gasteiger charge is -2.19. The zero-order chi connectivity index (χ0) is 25.6. The second-order valence-electron chi connectivity index (χ2n) is 10.6. The number of aromatic nitrogens is 2. The number of rotatable bonds is 12. The summed E-state index contributed by atoms with van der Waals surface area (Å²) in [6.45, 7) is 4.52. The third-order valence-corrected chi connectivity index (χ3v) is 7.70. The van der Waals surface area contributed by atoms with E-state index in [9.17, 15) is 4.79 Å². The van der Waals surface area contributed by atoms with Gasteiger partial charge < -0.3 is 5.32 Å². The Morgan fingerprint density at radius 1 is 0.946 bits per heavy atom. The molecule has 0 bridgehead atoms. The first-order valence-electron chi connectivity index (χ1n) is 14.1. The lowest BCUT2D eigenvalue weighted by atomic mass is 10.0. The molecular formula is C33H39N3O. The maximum absolute atomic E-state index is 13.5. The van der Waals surface area contributed by atoms with Crippen LogP contribution in [-0.2, 0) is 0 Å². The molecule has 0 spiro atoms. The molecule has 4 heteroatoms. The molecule has 1 amide bonds. The summed E-state index contributed by atoms with van der Waals surface area (Å²) in [6.07, 6.45) is 9.82. The van der Waals surface area contributed by atoms with Gasteiger partial charge in [0.1, 0.15) is 5.69 Å². The Kier molecular flexibility index (Phi) is 8.03. The highest BCUT2D eigenvalue weighted by atomic mass is 16.1. The van der Waals surface area contributed by atoms with E-state index < -0.39 is 0 Å². The number of nitrogens with zero attached hydrogens (tertiary/aromatic N) is 2. The minimum absolute atomic E-state index is 0.0154. The van der Waals surface area contributed by atoms with Crippen LogP contribution in [0.25, 0.3) is 22.2 Å². The Morgan fingerprint density at radius 3 is 2.35 bits per heavy atom. The highest BCUT2D eigenvalue weighted by Gasteiger charge is 2.33. The van der Waals surface area contributed by atoms with E-state index in [4.69, 9.17) is 5.10 Å². The average Bonchev–Trinajstić information content (AvgIpc) is 3.71. The molecule has 192 valence electrons. The molecule has 1 fully saturated rings. The zero-order valence-corrected chi connectivity index (χ0v) is 22.2. The molecule has 1 heterocycles. The fraction of sp³-hybridized carbons (Fsp3) is 0.394. The molecule has 3 aromatic carbocycles. The maximum atomic E-state index is 13.5. The van der Waals surface area contributed by atoms with E-state index in [-0.39, 0.29) is 11.9 Å². The van der Waals surface area contributed by atoms with Crippen LogP contribution in [0.5, 0.6) is 0 Å². The van der Waals surface area contributed by atoms with Crippen LogP contribution in [0.15, 0.2) is 78.9 Å². The zero-order valence-electron chi connectivity index (χ0n) is 22.2. The first-order chi connectivity index (χ1) is 18.2. The third-order valence-electron chi connectivity index (χ3n) is 7.70. The number of fused-ring (bicyclic) bond motifs is 1. The monoisotopic (exact) mass is 493 g/mol. The highest BCUT2D eigenvalue weighted by Crippen LogP contribution is 2.41. The minimum atomic E-state index is -0.0154. The number of carbonyl (C=O) groups is 1. The molecule has 0 aliphatic heterocycles. The Bertz CT molecular complexity index is 1310. The van der Waals surface area contributed by atoms with Crippen LogP contribution in [0.2, 0.25) is 0 Å². The summed E-state index contributed by atoms with van der Waals surface area (Å²) < 4.78 is 2.18. The van der Waals surface area contributed by atoms with Gasteiger partial charge in [-0.05, 0) is 55.9 Å². The van der Waals surface area contributed by atoms with Crippen LogP contribution in [0.4, 0.5) is 0 Å². The molecule has 1 aromatic heterocycles. The van der Waals surface area contributed by atoms with Gasteiger partial charge in [-0.25, -0.2) is 0 Å². The van der Waals surface area contributed by atoms with E-state index in [1.165, 1.54) is 50.5 Å². The van der Waals surface area contributed by atoms with E-state index >= 15 is 0 Å². The van der Waals surface area contributed by atoms with Crippen LogP contribution in [0, 0.1) is 5.92 Å². The van der Waals surface area contributed by atoms with Crippen molar-refractivity contribution in [3.8, 4) is 11.3 Å². The summed E-state index contributed by atoms with van der Waals surface area (Å²) in [4.78, 5) is 13.5. The largest absolute Gasteiger partial charge is 0.345 e. The summed E-state index contributed by atoms with van der Waals surface area (Å²) >= 11 is 0. The van der Waals surface area contributed by atoms with Crippen molar-refractivity contribution in [2.45, 2.75) is 77.3 Å². The van der Waals surface area contributed by atoms with Gasteiger partial charge in [0.05, 0.1) is 11.6 Å². The SMILES string of the molecule is CCCCCCCC(C)n1nc(-c2ccccc2)c2cc(C(=O)NC(c3ccccc3)C3CC3)ccc21. The number of benzene rings is 3. The van der Waals surface area contributed by atoms with E-state index in [2.05, 4.69) is 66.3 Å². The van der Waals surface area contributed by atoms with Crippen LogP contribution in [0.3, 0.4) is 0 Å². The highest BCUT2D eigenvalue weighted by molar-refractivity contribution is 6.02. The first kappa shape index (κ1) is 25.3. The van der Waals surface area contributed by atoms with Crippen molar-refractivity contribution in [2.24, 2.45) is 5.92 Å². The lowest BCUT2D eigenvalue weighted by Crippen LogP contribution is -2.29. The fourth-order valence-electron chi connectivity index (χ4n) is 5.38. The molecule has 4 aromatic rings. The summed E-state index contributed by atoms with van der Waals surface area (Å²) in [7, 11) is 0. The normalized spacial score (nSPS) is 15.0. The predicted molar refractivity (Wildman–Crippen MR) is 153 cm³/mol. The van der Waals surface area contributed by atoms with E-state index in [0.717, 1.165) is 28.6 Å². The lowest BCUT2D eigenvalue weighted by molar-refractivity contribution is 0.0932. The van der Waals surface area contributed by atoms with Gasteiger partial charge in [0.2, 0.25) is 0 Å². The molecule has 1 saturated carbocycles. The molecule has 4 nitrogen and oxygen atoms in total. The number of carbonyl (C=O) groups excluding carboxylic acids is 1. The summed E-state index contributed by atoms with van der Waals surface area (Å²) in [6, 6.07) is 27.2. The molecule has 2 unspecified atom stereocenters. The second-order valence-corrected chi connectivity index (χ2v) is 10.6. The third kappa shape index (κ3) is 5.95. The fourth-order valence-corrected chi connectivity index (χ4v) is 5.38. The predicted octanol–water partition coefficient (Wildman–Crippen LogP) is 8.51. The van der Waals surface area contributed by atoms with Gasteiger partial charge in [-0.3, -0.25) is 9.48 Å². The topological polar surface area (TPSA) is 46.9 Å². The Labute approximate surface area is 221 Å². The molecule has 1 aliphatic rings. The quantitative estimate of drug-likeness (QED) is 0.201. The van der Waals surface area contributed by atoms with Gasteiger partial charge in [-0.15, -0.1) is 0 Å². The van der Waals surface area contributed by atoms with Crippen molar-refractivity contribution in [1.29, 1.82) is 0 Å². The van der Waals surface area contributed by atoms with Crippen molar-refractivity contribution in [1.82, 2.24) is 15.1 Å². The standard InChI is InChI=1S/C33H39N3O/c1-3-4-5-6-9-14-24(2)36-30-22-21-28(23-29(30)32(35-36)26-17-12-8-13-18-26)33(37)34-31(27-19-20-27)25-15-10-7-11-16-25/h7-8,10-13,15-18,21-24,27,31H,3-6,9,14,19-20H2,1-2H3,(H,34,37). The number of hydrogen-bond donors (Lipinski definition) is 1. The van der Waals surface area contributed by atoms with E-state index in [0.29, 0.717) is 17.5 Å². The smallest absolute Gasteiger partial charge is 0.251 e. The van der Waals surface area contributed by atoms with Crippen molar-refractivity contribution in [3.63, 3.8) is 0 Å². The average molecular weight is 494 g/mol. The summed E-state index contributed by atoms with van der Waals surface area (Å²) in [5.41, 5.74) is 5.00. The van der Waals surface area contributed by atoms with Gasteiger partial charge in [0, 0.05) is 22.6 Å². The molecular weight excluding hydrogens is 454 g/mol. The van der Waals surface area contributed by atoms with Gasteiger partial charge in [0.15, 0.2) is 0 Å². The van der Waals surface area contributed by atoms with Gasteiger partial charge in [0.25, 0.3) is 5.91 Å². The molecule has 2 atom stereocenters. The van der Waals surface area contributed by atoms with Crippen LogP contribution in [-0.4, -0.2) is 15.7 Å². The molecule has 0 radical (unpaired) electrons. The summed E-state index contributed by atoms with van der Waals surface area (Å²) in [5.74, 6) is 0.509. The molecule has 1 aliphatic carbocycles. The Balaban J connectivity index is 1.43. The van der Waals surface area contributed by atoms with Crippen LogP contribution in [0.1, 0.15) is 93.2 Å². The van der Waals surface area contributed by atoms with Crippen molar-refractivity contribution in [2.75, 3.05) is 0 Å². The van der Waals surface area contributed by atoms with Crippen molar-refractivity contribution in [3.05, 3.63) is 90.0 Å². The van der Waals surface area contributed by atoms with Crippen LogP contribution < -0.4 is 5.32 Å². The number of nitrogens with one attached hydrogen (secondary N) is 1. The van der Waals surface area contributed by atoms with E-state index in [1.54, 1.807) is 0 Å². The molecule has 5 rings (SSSR count).